The minimum absolute atomic E-state index is 0.0403. The fourth-order valence-electron chi connectivity index (χ4n) is 2.05. The van der Waals surface area contributed by atoms with E-state index in [9.17, 15) is 9.59 Å². The highest BCUT2D eigenvalue weighted by Crippen LogP contribution is 2.23. The standard InChI is InChI=1S/C17H13ClN4O3/c1-22-8-2-3-13(17(22)24)16(23)21-15-5-4-12(10-20-15)25-11-6-7-19-14(18)9-11/h2-10H,1H3,(H,20,21,23). The molecule has 25 heavy (non-hydrogen) atoms. The summed E-state index contributed by atoms with van der Waals surface area (Å²) in [5, 5.41) is 2.89. The minimum Gasteiger partial charge on any atom is -0.456 e. The molecule has 0 aliphatic carbocycles. The predicted molar refractivity (Wildman–Crippen MR) is 93.2 cm³/mol. The van der Waals surface area contributed by atoms with Gasteiger partial charge in [-0.1, -0.05) is 11.6 Å². The number of hydrogen-bond donors (Lipinski definition) is 1. The van der Waals surface area contributed by atoms with Gasteiger partial charge >= 0.3 is 0 Å². The zero-order valence-electron chi connectivity index (χ0n) is 13.1. The van der Waals surface area contributed by atoms with Crippen molar-refractivity contribution in [3.8, 4) is 11.5 Å². The van der Waals surface area contributed by atoms with E-state index in [2.05, 4.69) is 15.3 Å². The summed E-state index contributed by atoms with van der Waals surface area (Å²) in [4.78, 5) is 32.1. The second-order valence-electron chi connectivity index (χ2n) is 5.09. The van der Waals surface area contributed by atoms with Gasteiger partial charge in [-0.3, -0.25) is 9.59 Å². The molecule has 3 aromatic heterocycles. The monoisotopic (exact) mass is 356 g/mol. The zero-order chi connectivity index (χ0) is 17.8. The Balaban J connectivity index is 1.71. The number of halogens is 1. The van der Waals surface area contributed by atoms with Gasteiger partial charge in [-0.15, -0.1) is 0 Å². The molecule has 0 radical (unpaired) electrons. The van der Waals surface area contributed by atoms with Gasteiger partial charge in [0, 0.05) is 25.5 Å². The van der Waals surface area contributed by atoms with Gasteiger partial charge in [-0.2, -0.15) is 0 Å². The van der Waals surface area contributed by atoms with Crippen LogP contribution in [0.1, 0.15) is 10.4 Å². The Morgan fingerprint density at radius 2 is 2.04 bits per heavy atom. The van der Waals surface area contributed by atoms with E-state index in [0.717, 1.165) is 0 Å². The molecule has 0 spiro atoms. The Labute approximate surface area is 147 Å². The summed E-state index contributed by atoms with van der Waals surface area (Å²) >= 11 is 5.79. The van der Waals surface area contributed by atoms with Crippen molar-refractivity contribution in [1.29, 1.82) is 0 Å². The largest absolute Gasteiger partial charge is 0.456 e. The number of carbonyl (C=O) groups is 1. The first-order valence-corrected chi connectivity index (χ1v) is 7.63. The van der Waals surface area contributed by atoms with Gasteiger partial charge < -0.3 is 14.6 Å². The lowest BCUT2D eigenvalue weighted by atomic mass is 10.2. The van der Waals surface area contributed by atoms with Crippen molar-refractivity contribution in [2.24, 2.45) is 7.05 Å². The quantitative estimate of drug-likeness (QED) is 0.726. The second-order valence-corrected chi connectivity index (χ2v) is 5.47. The molecule has 0 unspecified atom stereocenters. The van der Waals surface area contributed by atoms with Crippen LogP contribution in [-0.4, -0.2) is 20.4 Å². The maximum absolute atomic E-state index is 12.2. The highest BCUT2D eigenvalue weighted by molar-refractivity contribution is 6.29. The van der Waals surface area contributed by atoms with E-state index in [-0.39, 0.29) is 11.1 Å². The molecule has 3 rings (SSSR count). The van der Waals surface area contributed by atoms with Crippen molar-refractivity contribution in [2.45, 2.75) is 0 Å². The number of carbonyl (C=O) groups excluding carboxylic acids is 1. The van der Waals surface area contributed by atoms with Crippen LogP contribution < -0.4 is 15.6 Å². The SMILES string of the molecule is Cn1cccc(C(=O)Nc2ccc(Oc3ccnc(Cl)c3)cn2)c1=O. The minimum atomic E-state index is -0.525. The van der Waals surface area contributed by atoms with Crippen molar-refractivity contribution < 1.29 is 9.53 Å². The average molecular weight is 357 g/mol. The summed E-state index contributed by atoms with van der Waals surface area (Å²) in [7, 11) is 1.58. The smallest absolute Gasteiger partial charge is 0.263 e. The lowest BCUT2D eigenvalue weighted by Crippen LogP contribution is -2.27. The van der Waals surface area contributed by atoms with Crippen LogP contribution in [0.2, 0.25) is 5.15 Å². The average Bonchev–Trinajstić information content (AvgIpc) is 2.59. The summed E-state index contributed by atoms with van der Waals surface area (Å²) in [5.41, 5.74) is -0.340. The third kappa shape index (κ3) is 4.02. The molecular formula is C17H13ClN4O3. The highest BCUT2D eigenvalue weighted by Gasteiger charge is 2.12. The van der Waals surface area contributed by atoms with Crippen LogP contribution in [0.3, 0.4) is 0 Å². The molecule has 8 heteroatoms. The van der Waals surface area contributed by atoms with Crippen LogP contribution in [0.25, 0.3) is 0 Å². The molecule has 0 atom stereocenters. The zero-order valence-corrected chi connectivity index (χ0v) is 13.9. The normalized spacial score (nSPS) is 10.3. The number of nitrogens with zero attached hydrogens (tertiary/aromatic N) is 3. The van der Waals surface area contributed by atoms with Crippen molar-refractivity contribution in [1.82, 2.24) is 14.5 Å². The highest BCUT2D eigenvalue weighted by atomic mass is 35.5. The molecule has 0 saturated carbocycles. The molecule has 7 nitrogen and oxygen atoms in total. The summed E-state index contributed by atoms with van der Waals surface area (Å²) in [6.45, 7) is 0. The molecule has 1 N–H and O–H groups in total. The van der Waals surface area contributed by atoms with Crippen molar-refractivity contribution in [3.05, 3.63) is 76.1 Å². The maximum Gasteiger partial charge on any atom is 0.263 e. The number of nitrogens with one attached hydrogen (secondary N) is 1. The summed E-state index contributed by atoms with van der Waals surface area (Å²) in [5.74, 6) is 0.765. The predicted octanol–water partition coefficient (Wildman–Crippen LogP) is 2.87. The van der Waals surface area contributed by atoms with Gasteiger partial charge in [0.2, 0.25) is 0 Å². The van der Waals surface area contributed by atoms with E-state index < -0.39 is 5.91 Å². The van der Waals surface area contributed by atoms with E-state index in [1.165, 1.54) is 23.0 Å². The summed E-state index contributed by atoms with van der Waals surface area (Å²) in [6, 6.07) is 9.53. The second kappa shape index (κ2) is 7.14. The molecule has 0 aliphatic heterocycles. The van der Waals surface area contributed by atoms with Crippen molar-refractivity contribution in [3.63, 3.8) is 0 Å². The first-order chi connectivity index (χ1) is 12.0. The van der Waals surface area contributed by atoms with Crippen LogP contribution in [0.4, 0.5) is 5.82 Å². The van der Waals surface area contributed by atoms with Gasteiger partial charge in [0.15, 0.2) is 0 Å². The fraction of sp³-hybridized carbons (Fsp3) is 0.0588. The van der Waals surface area contributed by atoms with Gasteiger partial charge in [0.05, 0.1) is 6.20 Å². The molecule has 126 valence electrons. The molecule has 0 aliphatic rings. The number of hydrogen-bond acceptors (Lipinski definition) is 5. The molecular weight excluding hydrogens is 344 g/mol. The van der Waals surface area contributed by atoms with Gasteiger partial charge in [0.25, 0.3) is 11.5 Å². The molecule has 3 heterocycles. The number of amides is 1. The first-order valence-electron chi connectivity index (χ1n) is 7.25. The summed E-state index contributed by atoms with van der Waals surface area (Å²) in [6.07, 6.45) is 4.56. The van der Waals surface area contributed by atoms with Gasteiger partial charge in [-0.05, 0) is 30.3 Å². The van der Waals surface area contributed by atoms with E-state index >= 15 is 0 Å². The van der Waals surface area contributed by atoms with E-state index in [1.54, 1.807) is 43.6 Å². The van der Waals surface area contributed by atoms with Crippen LogP contribution >= 0.6 is 11.6 Å². The van der Waals surface area contributed by atoms with Gasteiger partial charge in [-0.25, -0.2) is 9.97 Å². The number of ether oxygens (including phenoxy) is 1. The molecule has 0 bridgehead atoms. The van der Waals surface area contributed by atoms with E-state index in [1.807, 2.05) is 0 Å². The van der Waals surface area contributed by atoms with Gasteiger partial charge in [0.1, 0.15) is 28.0 Å². The van der Waals surface area contributed by atoms with Crippen LogP contribution in [-0.2, 0) is 7.05 Å². The van der Waals surface area contributed by atoms with Crippen LogP contribution in [0, 0.1) is 0 Å². The van der Waals surface area contributed by atoms with Crippen molar-refractivity contribution in [2.75, 3.05) is 5.32 Å². The number of aromatic nitrogens is 3. The first kappa shape index (κ1) is 16.7. The molecule has 0 fully saturated rings. The molecule has 0 saturated heterocycles. The topological polar surface area (TPSA) is 86.1 Å². The Kier molecular flexibility index (Phi) is 4.76. The fourth-order valence-corrected chi connectivity index (χ4v) is 2.22. The number of rotatable bonds is 4. The number of aryl methyl sites for hydroxylation is 1. The third-order valence-corrected chi connectivity index (χ3v) is 3.49. The van der Waals surface area contributed by atoms with Crippen LogP contribution in [0.5, 0.6) is 11.5 Å². The Hall–Kier alpha value is -3.19. The number of pyridine rings is 3. The lowest BCUT2D eigenvalue weighted by molar-refractivity contribution is 0.102. The summed E-state index contributed by atoms with van der Waals surface area (Å²) < 4.78 is 6.92. The Bertz CT molecular complexity index is 970. The molecule has 3 aromatic rings. The van der Waals surface area contributed by atoms with Crippen molar-refractivity contribution >= 4 is 23.3 Å². The van der Waals surface area contributed by atoms with E-state index in [4.69, 9.17) is 16.3 Å². The number of anilines is 1. The molecule has 0 aromatic carbocycles. The Morgan fingerprint density at radius 3 is 2.76 bits per heavy atom. The molecule has 1 amide bonds. The lowest BCUT2D eigenvalue weighted by Gasteiger charge is -2.07. The maximum atomic E-state index is 12.2. The Morgan fingerprint density at radius 1 is 1.20 bits per heavy atom. The van der Waals surface area contributed by atoms with E-state index in [0.29, 0.717) is 22.5 Å². The van der Waals surface area contributed by atoms with Crippen LogP contribution in [0.15, 0.2) is 59.8 Å². The third-order valence-electron chi connectivity index (χ3n) is 3.28.